The lowest BCUT2D eigenvalue weighted by molar-refractivity contribution is -0.384. The van der Waals surface area contributed by atoms with Crippen molar-refractivity contribution >= 4 is 33.1 Å². The zero-order chi connectivity index (χ0) is 14.0. The molecule has 0 unspecified atom stereocenters. The lowest BCUT2D eigenvalue weighted by atomic mass is 9.93. The zero-order valence-electron chi connectivity index (χ0n) is 10.6. The molecule has 102 valence electrons. The Labute approximate surface area is 119 Å². The van der Waals surface area contributed by atoms with Gasteiger partial charge in [0.15, 0.2) is 0 Å². The van der Waals surface area contributed by atoms with Crippen LogP contribution >= 0.6 is 15.9 Å². The summed E-state index contributed by atoms with van der Waals surface area (Å²) in [5, 5.41) is 11.1. The van der Waals surface area contributed by atoms with Crippen LogP contribution in [-0.2, 0) is 4.79 Å². The van der Waals surface area contributed by atoms with Crippen molar-refractivity contribution in [3.8, 4) is 0 Å². The molecular formula is C13H15BrN2O3. The minimum absolute atomic E-state index is 0.0996. The number of benzene rings is 1. The van der Waals surface area contributed by atoms with Crippen LogP contribution in [0.15, 0.2) is 22.7 Å². The molecule has 6 heteroatoms. The normalized spacial score (nSPS) is 16.4. The number of halogens is 1. The molecule has 0 atom stereocenters. The van der Waals surface area contributed by atoms with Gasteiger partial charge >= 0.3 is 0 Å². The largest absolute Gasteiger partial charge is 0.366 e. The number of hydrogen-bond acceptors (Lipinski definition) is 4. The average Bonchev–Trinajstić information content (AvgIpc) is 2.38. The third-order valence-corrected chi connectivity index (χ3v) is 4.07. The predicted molar refractivity (Wildman–Crippen MR) is 76.5 cm³/mol. The molecular weight excluding hydrogens is 312 g/mol. The predicted octanol–water partition coefficient (Wildman–Crippen LogP) is 3.31. The number of nitro benzene ring substituents is 1. The highest BCUT2D eigenvalue weighted by Crippen LogP contribution is 2.34. The third-order valence-electron chi connectivity index (χ3n) is 3.57. The Hall–Kier alpha value is -1.43. The van der Waals surface area contributed by atoms with E-state index in [4.69, 9.17) is 0 Å². The Morgan fingerprint density at radius 1 is 1.37 bits per heavy atom. The SMILES string of the molecule is CN(c1cc(Br)ccc1[N+](=O)[O-])C1CCC(=O)CC1. The second kappa shape index (κ2) is 5.69. The maximum absolute atomic E-state index is 11.3. The highest BCUT2D eigenvalue weighted by molar-refractivity contribution is 9.10. The van der Waals surface area contributed by atoms with Crippen LogP contribution in [0, 0.1) is 10.1 Å². The van der Waals surface area contributed by atoms with Crippen LogP contribution < -0.4 is 4.90 Å². The van der Waals surface area contributed by atoms with E-state index in [0.29, 0.717) is 18.5 Å². The molecule has 1 fully saturated rings. The summed E-state index contributed by atoms with van der Waals surface area (Å²) in [7, 11) is 1.86. The Balaban J connectivity index is 2.27. The highest BCUT2D eigenvalue weighted by Gasteiger charge is 2.26. The van der Waals surface area contributed by atoms with Gasteiger partial charge in [-0.3, -0.25) is 14.9 Å². The van der Waals surface area contributed by atoms with Crippen LogP contribution in [0.1, 0.15) is 25.7 Å². The van der Waals surface area contributed by atoms with E-state index in [1.807, 2.05) is 11.9 Å². The maximum atomic E-state index is 11.3. The molecule has 0 amide bonds. The molecule has 0 saturated heterocycles. The number of carbonyl (C=O) groups excluding carboxylic acids is 1. The minimum atomic E-state index is -0.369. The van der Waals surface area contributed by atoms with Gasteiger partial charge in [-0.1, -0.05) is 15.9 Å². The van der Waals surface area contributed by atoms with E-state index < -0.39 is 0 Å². The lowest BCUT2D eigenvalue weighted by Gasteiger charge is -2.32. The van der Waals surface area contributed by atoms with Crippen LogP contribution in [0.2, 0.25) is 0 Å². The van der Waals surface area contributed by atoms with E-state index in [1.54, 1.807) is 12.1 Å². The number of anilines is 1. The molecule has 0 radical (unpaired) electrons. The van der Waals surface area contributed by atoms with Gasteiger partial charge in [0.2, 0.25) is 0 Å². The summed E-state index contributed by atoms with van der Waals surface area (Å²) in [5.41, 5.74) is 0.696. The number of nitrogens with zero attached hydrogens (tertiary/aromatic N) is 2. The summed E-state index contributed by atoms with van der Waals surface area (Å²) in [6, 6.07) is 5.11. The molecule has 1 aliphatic carbocycles. The number of hydrogen-bond donors (Lipinski definition) is 0. The second-order valence-corrected chi connectivity index (χ2v) is 5.69. The van der Waals surface area contributed by atoms with Gasteiger partial charge in [-0.15, -0.1) is 0 Å². The van der Waals surface area contributed by atoms with Crippen molar-refractivity contribution < 1.29 is 9.72 Å². The summed E-state index contributed by atoms with van der Waals surface area (Å²) in [6.45, 7) is 0. The van der Waals surface area contributed by atoms with Crippen molar-refractivity contribution in [2.75, 3.05) is 11.9 Å². The molecule has 1 saturated carbocycles. The summed E-state index contributed by atoms with van der Waals surface area (Å²) in [6.07, 6.45) is 2.66. The number of ketones is 1. The van der Waals surface area contributed by atoms with Crippen LogP contribution in [0.4, 0.5) is 11.4 Å². The van der Waals surface area contributed by atoms with Crippen LogP contribution in [-0.4, -0.2) is 23.8 Å². The smallest absolute Gasteiger partial charge is 0.292 e. The monoisotopic (exact) mass is 326 g/mol. The fraction of sp³-hybridized carbons (Fsp3) is 0.462. The van der Waals surface area contributed by atoms with Crippen molar-refractivity contribution in [2.45, 2.75) is 31.7 Å². The molecule has 1 aromatic rings. The summed E-state index contributed by atoms with van der Waals surface area (Å²) in [5.74, 6) is 0.286. The van der Waals surface area contributed by atoms with E-state index >= 15 is 0 Å². The van der Waals surface area contributed by atoms with Crippen LogP contribution in [0.3, 0.4) is 0 Å². The maximum Gasteiger partial charge on any atom is 0.292 e. The molecule has 19 heavy (non-hydrogen) atoms. The minimum Gasteiger partial charge on any atom is -0.366 e. The molecule has 5 nitrogen and oxygen atoms in total. The van der Waals surface area contributed by atoms with Gasteiger partial charge in [-0.25, -0.2) is 0 Å². The molecule has 0 aromatic heterocycles. The summed E-state index contributed by atoms with van der Waals surface area (Å²) < 4.78 is 0.812. The van der Waals surface area contributed by atoms with Gasteiger partial charge in [0.1, 0.15) is 11.5 Å². The van der Waals surface area contributed by atoms with E-state index in [0.717, 1.165) is 17.3 Å². The van der Waals surface area contributed by atoms with Crippen LogP contribution in [0.5, 0.6) is 0 Å². The summed E-state index contributed by atoms with van der Waals surface area (Å²) >= 11 is 3.34. The van der Waals surface area contributed by atoms with E-state index in [9.17, 15) is 14.9 Å². The second-order valence-electron chi connectivity index (χ2n) is 4.77. The number of carbonyl (C=O) groups is 1. The Kier molecular flexibility index (Phi) is 4.19. The third kappa shape index (κ3) is 3.12. The Morgan fingerprint density at radius 3 is 2.58 bits per heavy atom. The van der Waals surface area contributed by atoms with Crippen molar-refractivity contribution in [1.82, 2.24) is 0 Å². The first-order valence-electron chi connectivity index (χ1n) is 6.17. The van der Waals surface area contributed by atoms with Gasteiger partial charge in [-0.05, 0) is 25.0 Å². The topological polar surface area (TPSA) is 63.4 Å². The lowest BCUT2D eigenvalue weighted by Crippen LogP contribution is -2.35. The standard InChI is InChI=1S/C13H15BrN2O3/c1-15(10-3-5-11(17)6-4-10)13-8-9(14)2-7-12(13)16(18)19/h2,7-8,10H,3-6H2,1H3. The van der Waals surface area contributed by atoms with Crippen molar-refractivity contribution in [3.63, 3.8) is 0 Å². The Bertz CT molecular complexity index is 509. The van der Waals surface area contributed by atoms with Crippen molar-refractivity contribution in [2.24, 2.45) is 0 Å². The van der Waals surface area contributed by atoms with Crippen molar-refractivity contribution in [1.29, 1.82) is 0 Å². The number of rotatable bonds is 3. The van der Waals surface area contributed by atoms with Gasteiger partial charge in [0.05, 0.1) is 4.92 Å². The molecule has 0 N–H and O–H groups in total. The van der Waals surface area contributed by atoms with Crippen LogP contribution in [0.25, 0.3) is 0 Å². The molecule has 1 aromatic carbocycles. The molecule has 0 heterocycles. The quantitative estimate of drug-likeness (QED) is 0.631. The molecule has 1 aliphatic rings. The van der Waals surface area contributed by atoms with Gasteiger partial charge in [0, 0.05) is 36.5 Å². The fourth-order valence-corrected chi connectivity index (χ4v) is 2.79. The first kappa shape index (κ1) is 14.0. The van der Waals surface area contributed by atoms with E-state index in [-0.39, 0.29) is 22.4 Å². The first-order valence-corrected chi connectivity index (χ1v) is 6.97. The Morgan fingerprint density at radius 2 is 2.00 bits per heavy atom. The average molecular weight is 327 g/mol. The zero-order valence-corrected chi connectivity index (χ0v) is 12.2. The molecule has 0 aliphatic heterocycles. The van der Waals surface area contributed by atoms with E-state index in [2.05, 4.69) is 15.9 Å². The van der Waals surface area contributed by atoms with Crippen molar-refractivity contribution in [3.05, 3.63) is 32.8 Å². The van der Waals surface area contributed by atoms with Gasteiger partial charge in [0.25, 0.3) is 5.69 Å². The highest BCUT2D eigenvalue weighted by atomic mass is 79.9. The van der Waals surface area contributed by atoms with E-state index in [1.165, 1.54) is 6.07 Å². The van der Waals surface area contributed by atoms with Gasteiger partial charge in [-0.2, -0.15) is 0 Å². The summed E-state index contributed by atoms with van der Waals surface area (Å²) in [4.78, 5) is 23.9. The van der Waals surface area contributed by atoms with Gasteiger partial charge < -0.3 is 4.90 Å². The number of Topliss-reactive ketones (excluding diaryl/α,β-unsaturated/α-hetero) is 1. The first-order chi connectivity index (χ1) is 8.99. The fourth-order valence-electron chi connectivity index (χ4n) is 2.44. The molecule has 0 spiro atoms. The molecule has 0 bridgehead atoms. The molecule has 2 rings (SSSR count). The number of nitro groups is 1.